The first-order chi connectivity index (χ1) is 13.4. The fourth-order valence-electron chi connectivity index (χ4n) is 3.22. The number of pyridine rings is 1. The van der Waals surface area contributed by atoms with E-state index >= 15 is 0 Å². The van der Waals surface area contributed by atoms with Crippen molar-refractivity contribution in [3.05, 3.63) is 58.0 Å². The Kier molecular flexibility index (Phi) is 6.15. The number of nitrogen functional groups attached to an aromatic ring is 1. The summed E-state index contributed by atoms with van der Waals surface area (Å²) in [7, 11) is 0. The van der Waals surface area contributed by atoms with Crippen LogP contribution in [0.3, 0.4) is 0 Å². The SMILES string of the molecule is Nc1cc(N2CCN(CCCC(=O)c3ccc(F)cc3)CC2)ncc1[N+](=O)[O-]. The first-order valence-corrected chi connectivity index (χ1v) is 9.10. The van der Waals surface area contributed by atoms with E-state index < -0.39 is 4.92 Å². The topological polar surface area (TPSA) is 106 Å². The molecule has 0 radical (unpaired) electrons. The number of nitro groups is 1. The third-order valence-electron chi connectivity index (χ3n) is 4.84. The van der Waals surface area contributed by atoms with Crippen molar-refractivity contribution in [2.24, 2.45) is 0 Å². The van der Waals surface area contributed by atoms with Crippen LogP contribution in [0.5, 0.6) is 0 Å². The summed E-state index contributed by atoms with van der Waals surface area (Å²) in [6, 6.07) is 7.16. The quantitative estimate of drug-likeness (QED) is 0.442. The summed E-state index contributed by atoms with van der Waals surface area (Å²) in [5.41, 5.74) is 6.19. The predicted octanol–water partition coefficient (Wildman–Crippen LogP) is 2.50. The second-order valence-electron chi connectivity index (χ2n) is 6.72. The summed E-state index contributed by atoms with van der Waals surface area (Å²) in [6.45, 7) is 3.88. The number of halogens is 1. The largest absolute Gasteiger partial charge is 0.393 e. The fraction of sp³-hybridized carbons (Fsp3) is 0.368. The fourth-order valence-corrected chi connectivity index (χ4v) is 3.22. The number of benzene rings is 1. The summed E-state index contributed by atoms with van der Waals surface area (Å²) in [6.07, 6.45) is 2.35. The molecule has 1 aromatic heterocycles. The number of carbonyl (C=O) groups is 1. The Bertz CT molecular complexity index is 851. The molecule has 8 nitrogen and oxygen atoms in total. The van der Waals surface area contributed by atoms with E-state index in [1.54, 1.807) is 0 Å². The van der Waals surface area contributed by atoms with Gasteiger partial charge in [-0.05, 0) is 37.2 Å². The van der Waals surface area contributed by atoms with E-state index in [4.69, 9.17) is 5.73 Å². The van der Waals surface area contributed by atoms with Gasteiger partial charge in [0.15, 0.2) is 5.78 Å². The smallest absolute Gasteiger partial charge is 0.310 e. The molecule has 0 amide bonds. The van der Waals surface area contributed by atoms with Crippen LogP contribution >= 0.6 is 0 Å². The summed E-state index contributed by atoms with van der Waals surface area (Å²) in [4.78, 5) is 30.9. The third kappa shape index (κ3) is 4.80. The molecule has 28 heavy (non-hydrogen) atoms. The van der Waals surface area contributed by atoms with Gasteiger partial charge in [-0.15, -0.1) is 0 Å². The highest BCUT2D eigenvalue weighted by molar-refractivity contribution is 5.95. The zero-order chi connectivity index (χ0) is 20.1. The molecular weight excluding hydrogens is 365 g/mol. The van der Waals surface area contributed by atoms with Gasteiger partial charge < -0.3 is 10.6 Å². The molecule has 1 aliphatic rings. The molecule has 0 atom stereocenters. The van der Waals surface area contributed by atoms with Crippen LogP contribution in [0, 0.1) is 15.9 Å². The van der Waals surface area contributed by atoms with Crippen molar-refractivity contribution in [3.8, 4) is 0 Å². The standard InChI is InChI=1S/C19H22FN5O3/c20-15-5-3-14(4-6-15)18(26)2-1-7-23-8-10-24(11-9-23)19-12-16(21)17(13-22-19)25(27)28/h3-6,12-13H,1-2,7-11H2,(H2,21,22). The molecule has 148 valence electrons. The number of hydrogen-bond acceptors (Lipinski definition) is 7. The number of piperazine rings is 1. The van der Waals surface area contributed by atoms with Crippen LogP contribution in [0.2, 0.25) is 0 Å². The molecule has 2 N–H and O–H groups in total. The van der Waals surface area contributed by atoms with E-state index in [9.17, 15) is 19.3 Å². The van der Waals surface area contributed by atoms with E-state index in [1.165, 1.54) is 36.5 Å². The second-order valence-corrected chi connectivity index (χ2v) is 6.72. The third-order valence-corrected chi connectivity index (χ3v) is 4.84. The first-order valence-electron chi connectivity index (χ1n) is 9.10. The van der Waals surface area contributed by atoms with E-state index in [1.807, 2.05) is 4.90 Å². The van der Waals surface area contributed by atoms with Gasteiger partial charge in [-0.25, -0.2) is 9.37 Å². The van der Waals surface area contributed by atoms with Crippen LogP contribution in [0.15, 0.2) is 36.5 Å². The number of ketones is 1. The van der Waals surface area contributed by atoms with E-state index in [2.05, 4.69) is 9.88 Å². The van der Waals surface area contributed by atoms with Crippen molar-refractivity contribution in [2.45, 2.75) is 12.8 Å². The van der Waals surface area contributed by atoms with Gasteiger partial charge in [0.25, 0.3) is 0 Å². The molecule has 3 rings (SSSR count). The average Bonchev–Trinajstić information content (AvgIpc) is 2.68. The minimum atomic E-state index is -0.544. The molecule has 1 saturated heterocycles. The lowest BCUT2D eigenvalue weighted by atomic mass is 10.1. The molecule has 0 unspecified atom stereocenters. The van der Waals surface area contributed by atoms with Crippen molar-refractivity contribution in [1.29, 1.82) is 0 Å². The van der Waals surface area contributed by atoms with Gasteiger partial charge in [-0.2, -0.15) is 0 Å². The number of rotatable bonds is 7. The normalized spacial score (nSPS) is 14.8. The molecular formula is C19H22FN5O3. The zero-order valence-corrected chi connectivity index (χ0v) is 15.4. The van der Waals surface area contributed by atoms with Crippen LogP contribution in [0.25, 0.3) is 0 Å². The van der Waals surface area contributed by atoms with Crippen LogP contribution in [-0.2, 0) is 0 Å². The van der Waals surface area contributed by atoms with Gasteiger partial charge in [-0.1, -0.05) is 0 Å². The molecule has 1 aromatic carbocycles. The maximum Gasteiger partial charge on any atom is 0.310 e. The van der Waals surface area contributed by atoms with Gasteiger partial charge in [0.05, 0.1) is 4.92 Å². The number of anilines is 2. The maximum atomic E-state index is 12.9. The van der Waals surface area contributed by atoms with E-state index in [-0.39, 0.29) is 23.0 Å². The number of carbonyl (C=O) groups excluding carboxylic acids is 1. The molecule has 0 aliphatic carbocycles. The summed E-state index contributed by atoms with van der Waals surface area (Å²) >= 11 is 0. The van der Waals surface area contributed by atoms with Crippen molar-refractivity contribution >= 4 is 23.0 Å². The van der Waals surface area contributed by atoms with Gasteiger partial charge in [0.1, 0.15) is 23.5 Å². The second kappa shape index (κ2) is 8.75. The van der Waals surface area contributed by atoms with Crippen molar-refractivity contribution in [3.63, 3.8) is 0 Å². The molecule has 9 heteroatoms. The Balaban J connectivity index is 1.44. The van der Waals surface area contributed by atoms with Gasteiger partial charge in [-0.3, -0.25) is 19.8 Å². The Morgan fingerprint density at radius 2 is 1.89 bits per heavy atom. The van der Waals surface area contributed by atoms with Gasteiger partial charge in [0, 0.05) is 44.2 Å². The van der Waals surface area contributed by atoms with Crippen LogP contribution in [-0.4, -0.2) is 53.3 Å². The monoisotopic (exact) mass is 387 g/mol. The highest BCUT2D eigenvalue weighted by Crippen LogP contribution is 2.25. The van der Waals surface area contributed by atoms with E-state index in [0.717, 1.165) is 39.1 Å². The maximum absolute atomic E-state index is 12.9. The minimum Gasteiger partial charge on any atom is -0.393 e. The van der Waals surface area contributed by atoms with Gasteiger partial charge in [0.2, 0.25) is 0 Å². The van der Waals surface area contributed by atoms with E-state index in [0.29, 0.717) is 17.8 Å². The first kappa shape index (κ1) is 19.7. The molecule has 1 aliphatic heterocycles. The average molecular weight is 387 g/mol. The molecule has 1 fully saturated rings. The van der Waals surface area contributed by atoms with Gasteiger partial charge >= 0.3 is 5.69 Å². The van der Waals surface area contributed by atoms with Crippen LogP contribution in [0.4, 0.5) is 21.6 Å². The lowest BCUT2D eigenvalue weighted by Crippen LogP contribution is -2.47. The molecule has 0 bridgehead atoms. The highest BCUT2D eigenvalue weighted by atomic mass is 19.1. The molecule has 2 aromatic rings. The van der Waals surface area contributed by atoms with Crippen LogP contribution < -0.4 is 10.6 Å². The lowest BCUT2D eigenvalue weighted by Gasteiger charge is -2.35. The Morgan fingerprint density at radius 3 is 2.50 bits per heavy atom. The summed E-state index contributed by atoms with van der Waals surface area (Å²) in [5.74, 6) is 0.303. The number of hydrogen-bond donors (Lipinski definition) is 1. The highest BCUT2D eigenvalue weighted by Gasteiger charge is 2.20. The van der Waals surface area contributed by atoms with Crippen molar-refractivity contribution in [2.75, 3.05) is 43.4 Å². The van der Waals surface area contributed by atoms with Crippen molar-refractivity contribution < 1.29 is 14.1 Å². The number of nitrogens with zero attached hydrogens (tertiary/aromatic N) is 4. The number of aromatic nitrogens is 1. The predicted molar refractivity (Wildman–Crippen MR) is 104 cm³/mol. The summed E-state index contributed by atoms with van der Waals surface area (Å²) in [5, 5.41) is 10.8. The molecule has 0 saturated carbocycles. The zero-order valence-electron chi connectivity index (χ0n) is 15.4. The molecule has 2 heterocycles. The summed E-state index contributed by atoms with van der Waals surface area (Å²) < 4.78 is 12.9. The van der Waals surface area contributed by atoms with Crippen molar-refractivity contribution in [1.82, 2.24) is 9.88 Å². The Labute approximate surface area is 161 Å². The lowest BCUT2D eigenvalue weighted by molar-refractivity contribution is -0.384. The van der Waals surface area contributed by atoms with Crippen LogP contribution in [0.1, 0.15) is 23.2 Å². The number of nitrogens with two attached hydrogens (primary N) is 1. The molecule has 0 spiro atoms. The number of Topliss-reactive ketones (excluding diaryl/α,β-unsaturated/α-hetero) is 1. The Morgan fingerprint density at radius 1 is 1.21 bits per heavy atom. The Hall–Kier alpha value is -3.07. The minimum absolute atomic E-state index is 0.0178.